The lowest BCUT2D eigenvalue weighted by Gasteiger charge is -2.36. The van der Waals surface area contributed by atoms with Gasteiger partial charge in [0.15, 0.2) is 0 Å². The molecule has 0 saturated carbocycles. The van der Waals surface area contributed by atoms with Gasteiger partial charge in [0.05, 0.1) is 12.6 Å². The molecule has 106 valence electrons. The molecular formula is C14H20F2N2O. The Kier molecular flexibility index (Phi) is 4.71. The van der Waals surface area contributed by atoms with Crippen LogP contribution in [0.2, 0.25) is 0 Å². The van der Waals surface area contributed by atoms with Gasteiger partial charge >= 0.3 is 0 Å². The van der Waals surface area contributed by atoms with Gasteiger partial charge in [-0.15, -0.1) is 0 Å². The fraction of sp³-hybridized carbons (Fsp3) is 0.571. The Labute approximate surface area is 112 Å². The number of nitrogens with zero attached hydrogens (tertiary/aromatic N) is 1. The van der Waals surface area contributed by atoms with Crippen LogP contribution in [0.4, 0.5) is 14.5 Å². The van der Waals surface area contributed by atoms with Crippen molar-refractivity contribution < 1.29 is 13.9 Å². The summed E-state index contributed by atoms with van der Waals surface area (Å²) in [5, 5.41) is 12.2. The third-order valence-corrected chi connectivity index (χ3v) is 3.58. The lowest BCUT2D eigenvalue weighted by Crippen LogP contribution is -2.43. The van der Waals surface area contributed by atoms with Gasteiger partial charge in [0, 0.05) is 13.1 Å². The normalized spacial score (nSPS) is 19.8. The third kappa shape index (κ3) is 3.04. The first-order valence-electron chi connectivity index (χ1n) is 6.67. The highest BCUT2D eigenvalue weighted by molar-refractivity contribution is 5.52. The molecule has 1 atom stereocenters. The molecule has 1 saturated heterocycles. The lowest BCUT2D eigenvalue weighted by molar-refractivity contribution is 0.238. The second-order valence-corrected chi connectivity index (χ2v) is 4.96. The fourth-order valence-electron chi connectivity index (χ4n) is 2.68. The number of halogens is 2. The predicted molar refractivity (Wildman–Crippen MR) is 71.2 cm³/mol. The molecule has 0 spiro atoms. The van der Waals surface area contributed by atoms with Gasteiger partial charge in [-0.25, -0.2) is 8.78 Å². The summed E-state index contributed by atoms with van der Waals surface area (Å²) in [5.74, 6) is -1.10. The second-order valence-electron chi connectivity index (χ2n) is 4.96. The molecule has 5 heteroatoms. The van der Waals surface area contributed by atoms with Crippen LogP contribution >= 0.6 is 0 Å². The van der Waals surface area contributed by atoms with Crippen LogP contribution < -0.4 is 10.2 Å². The highest BCUT2D eigenvalue weighted by Gasteiger charge is 2.27. The lowest BCUT2D eigenvalue weighted by atomic mass is 10.0. The van der Waals surface area contributed by atoms with Crippen molar-refractivity contribution in [1.29, 1.82) is 0 Å². The summed E-state index contributed by atoms with van der Waals surface area (Å²) in [6.07, 6.45) is 2.66. The topological polar surface area (TPSA) is 35.5 Å². The number of nitrogens with one attached hydrogen (secondary N) is 1. The minimum absolute atomic E-state index is 0.00129. The van der Waals surface area contributed by atoms with E-state index >= 15 is 0 Å². The van der Waals surface area contributed by atoms with E-state index in [1.807, 2.05) is 0 Å². The summed E-state index contributed by atoms with van der Waals surface area (Å²) < 4.78 is 28.3. The first-order chi connectivity index (χ1) is 9.17. The van der Waals surface area contributed by atoms with E-state index in [4.69, 9.17) is 0 Å². The van der Waals surface area contributed by atoms with Crippen LogP contribution in [-0.4, -0.2) is 31.3 Å². The van der Waals surface area contributed by atoms with E-state index in [-0.39, 0.29) is 18.3 Å². The monoisotopic (exact) mass is 270 g/mol. The molecule has 0 radical (unpaired) electrons. The molecule has 1 unspecified atom stereocenters. The van der Waals surface area contributed by atoms with E-state index in [1.54, 1.807) is 11.9 Å². The van der Waals surface area contributed by atoms with Crippen molar-refractivity contribution in [3.05, 3.63) is 29.3 Å². The van der Waals surface area contributed by atoms with E-state index in [0.29, 0.717) is 18.7 Å². The number of piperidine rings is 1. The van der Waals surface area contributed by atoms with Crippen LogP contribution in [0.25, 0.3) is 0 Å². The average Bonchev–Trinajstić information content (AvgIpc) is 2.39. The standard InChI is InChI=1S/C14H20F2N2O/c1-17-8-10-6-12(15)14(13(16)7-10)18-5-3-2-4-11(18)9-19/h6-7,11,17,19H,2-5,8-9H2,1H3. The number of hydrogen-bond donors (Lipinski definition) is 2. The molecule has 0 aliphatic carbocycles. The molecule has 0 amide bonds. The Morgan fingerprint density at radius 1 is 1.32 bits per heavy atom. The van der Waals surface area contributed by atoms with Crippen LogP contribution in [0.5, 0.6) is 0 Å². The third-order valence-electron chi connectivity index (χ3n) is 3.58. The van der Waals surface area contributed by atoms with Crippen LogP contribution in [-0.2, 0) is 6.54 Å². The number of benzene rings is 1. The number of aliphatic hydroxyl groups is 1. The van der Waals surface area contributed by atoms with Crippen LogP contribution in [0.15, 0.2) is 12.1 Å². The Morgan fingerprint density at radius 2 is 2.00 bits per heavy atom. The smallest absolute Gasteiger partial charge is 0.149 e. The zero-order valence-electron chi connectivity index (χ0n) is 11.1. The summed E-state index contributed by atoms with van der Waals surface area (Å²) >= 11 is 0. The van der Waals surface area contributed by atoms with Gasteiger partial charge in [0.1, 0.15) is 17.3 Å². The molecule has 1 aliphatic rings. The Balaban J connectivity index is 2.32. The average molecular weight is 270 g/mol. The summed E-state index contributed by atoms with van der Waals surface area (Å²) in [6, 6.07) is 2.53. The van der Waals surface area contributed by atoms with E-state index in [2.05, 4.69) is 5.32 Å². The van der Waals surface area contributed by atoms with Crippen LogP contribution in [0, 0.1) is 11.6 Å². The highest BCUT2D eigenvalue weighted by Crippen LogP contribution is 2.30. The first-order valence-corrected chi connectivity index (χ1v) is 6.67. The molecular weight excluding hydrogens is 250 g/mol. The number of anilines is 1. The van der Waals surface area contributed by atoms with Crippen molar-refractivity contribution in [1.82, 2.24) is 5.32 Å². The van der Waals surface area contributed by atoms with Crippen LogP contribution in [0.3, 0.4) is 0 Å². The van der Waals surface area contributed by atoms with E-state index < -0.39 is 11.6 Å². The zero-order chi connectivity index (χ0) is 13.8. The van der Waals surface area contributed by atoms with Gasteiger partial charge in [0.2, 0.25) is 0 Å². The maximum absolute atomic E-state index is 14.1. The van der Waals surface area contributed by atoms with E-state index in [0.717, 1.165) is 19.3 Å². The molecule has 2 rings (SSSR count). The van der Waals surface area contributed by atoms with Crippen molar-refractivity contribution >= 4 is 5.69 Å². The maximum Gasteiger partial charge on any atom is 0.149 e. The minimum atomic E-state index is -0.550. The van der Waals surface area contributed by atoms with Crippen molar-refractivity contribution in [2.45, 2.75) is 31.8 Å². The molecule has 1 aromatic rings. The highest BCUT2D eigenvalue weighted by atomic mass is 19.1. The summed E-state index contributed by atoms with van der Waals surface area (Å²) in [6.45, 7) is 0.944. The van der Waals surface area contributed by atoms with Gasteiger partial charge < -0.3 is 15.3 Å². The molecule has 0 bridgehead atoms. The Morgan fingerprint density at radius 3 is 2.58 bits per heavy atom. The van der Waals surface area contributed by atoms with Gasteiger partial charge in [-0.1, -0.05) is 0 Å². The Bertz CT molecular complexity index is 416. The molecule has 1 heterocycles. The summed E-state index contributed by atoms with van der Waals surface area (Å²) in [4.78, 5) is 1.66. The molecule has 2 N–H and O–H groups in total. The molecule has 0 aromatic heterocycles. The quantitative estimate of drug-likeness (QED) is 0.879. The summed E-state index contributed by atoms with van der Waals surface area (Å²) in [5.41, 5.74) is 0.581. The molecule has 1 fully saturated rings. The van der Waals surface area contributed by atoms with Gasteiger partial charge in [-0.05, 0) is 44.0 Å². The van der Waals surface area contributed by atoms with E-state index in [1.165, 1.54) is 12.1 Å². The number of hydrogen-bond acceptors (Lipinski definition) is 3. The largest absolute Gasteiger partial charge is 0.394 e. The zero-order valence-corrected chi connectivity index (χ0v) is 11.1. The Hall–Kier alpha value is -1.20. The van der Waals surface area contributed by atoms with E-state index in [9.17, 15) is 13.9 Å². The van der Waals surface area contributed by atoms with Gasteiger partial charge in [-0.3, -0.25) is 0 Å². The van der Waals surface area contributed by atoms with Gasteiger partial charge in [0.25, 0.3) is 0 Å². The SMILES string of the molecule is CNCc1cc(F)c(N2CCCCC2CO)c(F)c1. The van der Waals surface area contributed by atoms with Crippen molar-refractivity contribution in [3.8, 4) is 0 Å². The fourth-order valence-corrected chi connectivity index (χ4v) is 2.68. The minimum Gasteiger partial charge on any atom is -0.394 e. The number of rotatable bonds is 4. The van der Waals surface area contributed by atoms with Crippen LogP contribution in [0.1, 0.15) is 24.8 Å². The van der Waals surface area contributed by atoms with Crippen molar-refractivity contribution in [2.24, 2.45) is 0 Å². The molecule has 1 aliphatic heterocycles. The first kappa shape index (κ1) is 14.2. The van der Waals surface area contributed by atoms with Crippen molar-refractivity contribution in [2.75, 3.05) is 25.1 Å². The second kappa shape index (κ2) is 6.30. The molecule has 19 heavy (non-hydrogen) atoms. The number of aliphatic hydroxyl groups excluding tert-OH is 1. The van der Waals surface area contributed by atoms with Gasteiger partial charge in [-0.2, -0.15) is 0 Å². The summed E-state index contributed by atoms with van der Waals surface area (Å²) in [7, 11) is 1.73. The molecule has 3 nitrogen and oxygen atoms in total. The van der Waals surface area contributed by atoms with Crippen molar-refractivity contribution in [3.63, 3.8) is 0 Å². The molecule has 1 aromatic carbocycles. The predicted octanol–water partition coefficient (Wildman–Crippen LogP) is 2.04. The maximum atomic E-state index is 14.1.